The summed E-state index contributed by atoms with van der Waals surface area (Å²) in [4.78, 5) is 29.1. The van der Waals surface area contributed by atoms with E-state index < -0.39 is 0 Å². The van der Waals surface area contributed by atoms with Gasteiger partial charge in [-0.25, -0.2) is 19.3 Å². The van der Waals surface area contributed by atoms with E-state index in [1.165, 1.54) is 18.5 Å². The number of aromatic nitrogens is 4. The van der Waals surface area contributed by atoms with E-state index in [1.807, 2.05) is 4.90 Å². The van der Waals surface area contributed by atoms with Gasteiger partial charge in [-0.1, -0.05) is 6.07 Å². The Balaban J connectivity index is 1.55. The largest absolute Gasteiger partial charge is 0.365 e. The summed E-state index contributed by atoms with van der Waals surface area (Å²) in [7, 11) is 0. The SMILES string of the molecule is Cc1cc(=O)[nH]c(N2CCC(Nc3ncnc4c(F)cccc34)C2)n1. The zero-order valence-corrected chi connectivity index (χ0v) is 13.7. The molecule has 1 fully saturated rings. The van der Waals surface area contributed by atoms with Crippen LogP contribution in [0.25, 0.3) is 10.9 Å². The van der Waals surface area contributed by atoms with Gasteiger partial charge in [0.05, 0.1) is 0 Å². The molecule has 1 saturated heterocycles. The first-order chi connectivity index (χ1) is 12.1. The van der Waals surface area contributed by atoms with E-state index in [-0.39, 0.29) is 17.4 Å². The minimum atomic E-state index is -0.363. The van der Waals surface area contributed by atoms with Gasteiger partial charge in [0.25, 0.3) is 5.56 Å². The molecular weight excluding hydrogens is 323 g/mol. The number of aryl methyl sites for hydroxylation is 1. The lowest BCUT2D eigenvalue weighted by atomic mass is 10.2. The molecule has 1 aliphatic rings. The Bertz CT molecular complexity index is 988. The van der Waals surface area contributed by atoms with E-state index in [1.54, 1.807) is 19.1 Å². The van der Waals surface area contributed by atoms with Crippen LogP contribution in [0.1, 0.15) is 12.1 Å². The maximum absolute atomic E-state index is 13.9. The topological polar surface area (TPSA) is 86.8 Å². The fraction of sp³-hybridized carbons (Fsp3) is 0.294. The van der Waals surface area contributed by atoms with Gasteiger partial charge < -0.3 is 10.2 Å². The molecule has 7 nitrogen and oxygen atoms in total. The summed E-state index contributed by atoms with van der Waals surface area (Å²) in [5, 5.41) is 4.02. The van der Waals surface area contributed by atoms with Crippen LogP contribution in [0.3, 0.4) is 0 Å². The fourth-order valence-electron chi connectivity index (χ4n) is 3.14. The van der Waals surface area contributed by atoms with Crippen LogP contribution in [-0.2, 0) is 0 Å². The van der Waals surface area contributed by atoms with Gasteiger partial charge in [-0.05, 0) is 25.5 Å². The first-order valence-electron chi connectivity index (χ1n) is 8.09. The Hall–Kier alpha value is -3.03. The molecule has 2 N–H and O–H groups in total. The number of nitrogens with one attached hydrogen (secondary N) is 2. The average molecular weight is 340 g/mol. The highest BCUT2D eigenvalue weighted by Gasteiger charge is 2.25. The smallest absolute Gasteiger partial charge is 0.252 e. The number of H-pyrrole nitrogens is 1. The zero-order valence-electron chi connectivity index (χ0n) is 13.7. The molecule has 0 radical (unpaired) electrons. The third kappa shape index (κ3) is 3.02. The van der Waals surface area contributed by atoms with Crippen molar-refractivity contribution in [2.75, 3.05) is 23.3 Å². The third-order valence-electron chi connectivity index (χ3n) is 4.30. The number of hydrogen-bond acceptors (Lipinski definition) is 6. The molecular formula is C17H17FN6O. The van der Waals surface area contributed by atoms with E-state index in [4.69, 9.17) is 0 Å². The summed E-state index contributed by atoms with van der Waals surface area (Å²) in [6.07, 6.45) is 2.22. The van der Waals surface area contributed by atoms with Crippen molar-refractivity contribution in [3.63, 3.8) is 0 Å². The molecule has 3 heterocycles. The van der Waals surface area contributed by atoms with Crippen LogP contribution >= 0.6 is 0 Å². The fourth-order valence-corrected chi connectivity index (χ4v) is 3.14. The number of hydrogen-bond donors (Lipinski definition) is 2. The predicted octanol–water partition coefficient (Wildman–Crippen LogP) is 1.85. The second-order valence-electron chi connectivity index (χ2n) is 6.14. The number of anilines is 2. The maximum Gasteiger partial charge on any atom is 0.252 e. The van der Waals surface area contributed by atoms with Crippen molar-refractivity contribution in [2.45, 2.75) is 19.4 Å². The van der Waals surface area contributed by atoms with Crippen LogP contribution in [-0.4, -0.2) is 39.1 Å². The highest BCUT2D eigenvalue weighted by atomic mass is 19.1. The van der Waals surface area contributed by atoms with Crippen molar-refractivity contribution in [1.29, 1.82) is 0 Å². The zero-order chi connectivity index (χ0) is 17.4. The van der Waals surface area contributed by atoms with Crippen molar-refractivity contribution < 1.29 is 4.39 Å². The molecule has 0 saturated carbocycles. The molecule has 128 valence electrons. The minimum absolute atomic E-state index is 0.118. The van der Waals surface area contributed by atoms with Gasteiger partial charge in [-0.2, -0.15) is 0 Å². The van der Waals surface area contributed by atoms with Gasteiger partial charge in [0.2, 0.25) is 5.95 Å². The van der Waals surface area contributed by atoms with Crippen LogP contribution < -0.4 is 15.8 Å². The van der Waals surface area contributed by atoms with E-state index in [0.717, 1.165) is 13.0 Å². The molecule has 2 aromatic heterocycles. The van der Waals surface area contributed by atoms with Gasteiger partial charge in [-0.15, -0.1) is 0 Å². The second-order valence-corrected chi connectivity index (χ2v) is 6.14. The standard InChI is InChI=1S/C17H17FN6O/c1-10-7-14(25)23-17(21-10)24-6-5-11(8-24)22-16-12-3-2-4-13(18)15(12)19-9-20-16/h2-4,7,9,11H,5-6,8H2,1H3,(H,19,20,22)(H,21,23,25). The molecule has 1 aromatic carbocycles. The molecule has 1 aliphatic heterocycles. The summed E-state index contributed by atoms with van der Waals surface area (Å²) in [6, 6.07) is 6.42. The Labute approximate surface area is 143 Å². The van der Waals surface area contributed by atoms with Crippen LogP contribution in [0.15, 0.2) is 35.4 Å². The lowest BCUT2D eigenvalue weighted by Crippen LogP contribution is -2.29. The summed E-state index contributed by atoms with van der Waals surface area (Å²) in [5.41, 5.74) is 0.836. The normalized spacial score (nSPS) is 17.2. The van der Waals surface area contributed by atoms with E-state index in [2.05, 4.69) is 25.3 Å². The van der Waals surface area contributed by atoms with Gasteiger partial charge >= 0.3 is 0 Å². The lowest BCUT2D eigenvalue weighted by Gasteiger charge is -2.18. The van der Waals surface area contributed by atoms with Crippen molar-refractivity contribution >= 4 is 22.7 Å². The molecule has 1 atom stereocenters. The highest BCUT2D eigenvalue weighted by molar-refractivity contribution is 5.89. The van der Waals surface area contributed by atoms with Gasteiger partial charge in [0, 0.05) is 36.3 Å². The second kappa shape index (κ2) is 6.12. The Morgan fingerprint density at radius 3 is 3.08 bits per heavy atom. The first kappa shape index (κ1) is 15.5. The molecule has 0 amide bonds. The maximum atomic E-state index is 13.9. The molecule has 1 unspecified atom stereocenters. The first-order valence-corrected chi connectivity index (χ1v) is 8.09. The highest BCUT2D eigenvalue weighted by Crippen LogP contribution is 2.24. The summed E-state index contributed by atoms with van der Waals surface area (Å²) in [5.74, 6) is 0.826. The number of rotatable bonds is 3. The Kier molecular flexibility index (Phi) is 3.79. The molecule has 0 bridgehead atoms. The molecule has 3 aromatic rings. The van der Waals surface area contributed by atoms with Crippen LogP contribution in [0, 0.1) is 12.7 Å². The Morgan fingerprint density at radius 2 is 2.24 bits per heavy atom. The molecule has 0 aliphatic carbocycles. The summed E-state index contributed by atoms with van der Waals surface area (Å²) < 4.78 is 13.9. The van der Waals surface area contributed by atoms with Crippen molar-refractivity contribution in [1.82, 2.24) is 19.9 Å². The van der Waals surface area contributed by atoms with Crippen molar-refractivity contribution in [3.8, 4) is 0 Å². The van der Waals surface area contributed by atoms with E-state index in [0.29, 0.717) is 34.9 Å². The summed E-state index contributed by atoms with van der Waals surface area (Å²) >= 11 is 0. The molecule has 4 rings (SSSR count). The third-order valence-corrected chi connectivity index (χ3v) is 4.30. The number of fused-ring (bicyclic) bond motifs is 1. The lowest BCUT2D eigenvalue weighted by molar-refractivity contribution is 0.636. The monoisotopic (exact) mass is 340 g/mol. The van der Waals surface area contributed by atoms with Crippen LogP contribution in [0.4, 0.5) is 16.2 Å². The minimum Gasteiger partial charge on any atom is -0.365 e. The number of nitrogens with zero attached hydrogens (tertiary/aromatic N) is 4. The molecule has 0 spiro atoms. The number of halogens is 1. The van der Waals surface area contributed by atoms with Crippen LogP contribution in [0.2, 0.25) is 0 Å². The molecule has 8 heteroatoms. The van der Waals surface area contributed by atoms with Gasteiger partial charge in [-0.3, -0.25) is 9.78 Å². The van der Waals surface area contributed by atoms with E-state index in [9.17, 15) is 9.18 Å². The molecule has 25 heavy (non-hydrogen) atoms. The summed E-state index contributed by atoms with van der Waals surface area (Å²) in [6.45, 7) is 3.24. The van der Waals surface area contributed by atoms with Gasteiger partial charge in [0.15, 0.2) is 0 Å². The van der Waals surface area contributed by atoms with Gasteiger partial charge in [0.1, 0.15) is 23.5 Å². The van der Waals surface area contributed by atoms with E-state index >= 15 is 0 Å². The van der Waals surface area contributed by atoms with Crippen LogP contribution in [0.5, 0.6) is 0 Å². The van der Waals surface area contributed by atoms with Crippen molar-refractivity contribution in [2.24, 2.45) is 0 Å². The number of aromatic amines is 1. The quantitative estimate of drug-likeness (QED) is 0.757. The average Bonchev–Trinajstić information content (AvgIpc) is 3.04. The predicted molar refractivity (Wildman–Crippen MR) is 93.3 cm³/mol. The Morgan fingerprint density at radius 1 is 1.36 bits per heavy atom. The van der Waals surface area contributed by atoms with Crippen molar-refractivity contribution in [3.05, 3.63) is 52.5 Å². The number of para-hydroxylation sites is 1. The number of benzene rings is 1.